The van der Waals surface area contributed by atoms with Crippen LogP contribution in [0.2, 0.25) is 0 Å². The summed E-state index contributed by atoms with van der Waals surface area (Å²) in [5.41, 5.74) is 8.14. The summed E-state index contributed by atoms with van der Waals surface area (Å²) in [6.07, 6.45) is 7.38. The first kappa shape index (κ1) is 14.3. The molecule has 0 atom stereocenters. The van der Waals surface area contributed by atoms with Gasteiger partial charge in [-0.2, -0.15) is 0 Å². The van der Waals surface area contributed by atoms with Crippen molar-refractivity contribution in [3.05, 3.63) is 41.7 Å². The van der Waals surface area contributed by atoms with Crippen LogP contribution >= 0.6 is 0 Å². The molecule has 0 bridgehead atoms. The van der Waals surface area contributed by atoms with Crippen molar-refractivity contribution < 1.29 is 21.5 Å². The van der Waals surface area contributed by atoms with Gasteiger partial charge in [0.15, 0.2) is 18.9 Å². The minimum absolute atomic E-state index is 0. The van der Waals surface area contributed by atoms with Crippen LogP contribution in [0.3, 0.4) is 0 Å². The predicted octanol–water partition coefficient (Wildman–Crippen LogP) is -1.55. The fourth-order valence-corrected chi connectivity index (χ4v) is 1.23. The molecule has 0 aliphatic rings. The molecule has 0 saturated carbocycles. The molecule has 0 radical (unpaired) electrons. The molecule has 15 heavy (non-hydrogen) atoms. The molecular weight excluding hydrogens is 252 g/mol. The zero-order valence-electron chi connectivity index (χ0n) is 9.41. The molecule has 2 N–H and O–H groups in total. The second-order valence-corrected chi connectivity index (χ2v) is 3.72. The number of rotatable bonds is 4. The molecule has 1 aromatic heterocycles. The highest BCUT2D eigenvalue weighted by Gasteiger charge is 1.97. The Morgan fingerprint density at radius 1 is 1.33 bits per heavy atom. The van der Waals surface area contributed by atoms with E-state index in [9.17, 15) is 0 Å². The third-order valence-electron chi connectivity index (χ3n) is 2.10. The van der Waals surface area contributed by atoms with E-state index < -0.39 is 0 Å². The predicted molar refractivity (Wildman–Crippen MR) is 58.8 cm³/mol. The highest BCUT2D eigenvalue weighted by Crippen LogP contribution is 1.95. The topological polar surface area (TPSA) is 29.9 Å². The summed E-state index contributed by atoms with van der Waals surface area (Å²) in [5, 5.41) is 0. The Balaban J connectivity index is 0.00000196. The van der Waals surface area contributed by atoms with Crippen molar-refractivity contribution in [1.82, 2.24) is 0 Å². The smallest absolute Gasteiger partial charge is 0.169 e. The maximum absolute atomic E-state index is 5.48. The number of hydrogen-bond donors (Lipinski definition) is 1. The molecule has 1 rings (SSSR count). The van der Waals surface area contributed by atoms with Gasteiger partial charge in [0.2, 0.25) is 0 Å². The number of halogens is 1. The van der Waals surface area contributed by atoms with Gasteiger partial charge in [0.05, 0.1) is 0 Å². The standard InChI is InChI=1S/C12H19N2.BrH/c1-11(2)4-8-14-9-5-12(3-7-13)6-10-14;/h4-6,9-10H,3,7-8,13H2,1-2H3;1H/q+1;/p-1. The van der Waals surface area contributed by atoms with Crippen LogP contribution in [0.1, 0.15) is 19.4 Å². The van der Waals surface area contributed by atoms with E-state index in [2.05, 4.69) is 49.0 Å². The number of allylic oxidation sites excluding steroid dienone is 2. The van der Waals surface area contributed by atoms with Gasteiger partial charge in [0.1, 0.15) is 0 Å². The fraction of sp³-hybridized carbons (Fsp3) is 0.417. The minimum atomic E-state index is 0. The number of hydrogen-bond acceptors (Lipinski definition) is 1. The molecule has 3 heteroatoms. The summed E-state index contributed by atoms with van der Waals surface area (Å²) in [4.78, 5) is 0. The number of nitrogens with two attached hydrogens (primary N) is 1. The van der Waals surface area contributed by atoms with Crippen molar-refractivity contribution in [2.75, 3.05) is 6.54 Å². The van der Waals surface area contributed by atoms with Crippen LogP contribution < -0.4 is 27.3 Å². The summed E-state index contributed by atoms with van der Waals surface area (Å²) in [6.45, 7) is 5.90. The lowest BCUT2D eigenvalue weighted by atomic mass is 10.2. The van der Waals surface area contributed by atoms with Crippen LogP contribution in [0, 0.1) is 0 Å². The SMILES string of the molecule is CC(C)=CC[n+]1ccc(CCN)cc1.[Br-]. The molecule has 1 heterocycles. The molecule has 0 spiro atoms. The summed E-state index contributed by atoms with van der Waals surface area (Å²) in [6, 6.07) is 4.26. The molecule has 0 aliphatic carbocycles. The highest BCUT2D eigenvalue weighted by molar-refractivity contribution is 5.07. The Bertz CT molecular complexity index is 300. The normalized spacial score (nSPS) is 9.27. The van der Waals surface area contributed by atoms with Crippen molar-refractivity contribution in [2.45, 2.75) is 26.8 Å². The van der Waals surface area contributed by atoms with E-state index in [1.807, 2.05) is 0 Å². The van der Waals surface area contributed by atoms with E-state index in [4.69, 9.17) is 5.73 Å². The van der Waals surface area contributed by atoms with Crippen molar-refractivity contribution in [3.8, 4) is 0 Å². The van der Waals surface area contributed by atoms with Crippen molar-refractivity contribution >= 4 is 0 Å². The van der Waals surface area contributed by atoms with Gasteiger partial charge in [-0.3, -0.25) is 0 Å². The first-order valence-corrected chi connectivity index (χ1v) is 5.04. The number of pyridine rings is 1. The molecule has 2 nitrogen and oxygen atoms in total. The molecule has 0 aliphatic heterocycles. The monoisotopic (exact) mass is 270 g/mol. The van der Waals surface area contributed by atoms with E-state index in [1.165, 1.54) is 11.1 Å². The van der Waals surface area contributed by atoms with Gasteiger partial charge in [-0.15, -0.1) is 0 Å². The lowest BCUT2D eigenvalue weighted by molar-refractivity contribution is -0.687. The quantitative estimate of drug-likeness (QED) is 0.521. The zero-order valence-corrected chi connectivity index (χ0v) is 11.0. The van der Waals surface area contributed by atoms with Crippen LogP contribution in [-0.4, -0.2) is 6.54 Å². The van der Waals surface area contributed by atoms with Crippen molar-refractivity contribution in [1.29, 1.82) is 0 Å². The number of aromatic nitrogens is 1. The fourth-order valence-electron chi connectivity index (χ4n) is 1.23. The molecule has 0 fully saturated rings. The highest BCUT2D eigenvalue weighted by atomic mass is 79.9. The zero-order chi connectivity index (χ0) is 10.4. The lowest BCUT2D eigenvalue weighted by Crippen LogP contribution is -3.00. The Labute approximate surface area is 103 Å². The van der Waals surface area contributed by atoms with E-state index in [0.29, 0.717) is 0 Å². The summed E-state index contributed by atoms with van der Waals surface area (Å²) >= 11 is 0. The van der Waals surface area contributed by atoms with Gasteiger partial charge >= 0.3 is 0 Å². The maximum atomic E-state index is 5.48. The van der Waals surface area contributed by atoms with Gasteiger partial charge in [0.25, 0.3) is 0 Å². The largest absolute Gasteiger partial charge is 1.00 e. The Hall–Kier alpha value is -0.670. The van der Waals surface area contributed by atoms with Gasteiger partial charge in [-0.25, -0.2) is 4.57 Å². The van der Waals surface area contributed by atoms with Crippen LogP contribution in [-0.2, 0) is 13.0 Å². The number of nitrogens with zero attached hydrogens (tertiary/aromatic N) is 1. The maximum Gasteiger partial charge on any atom is 0.169 e. The molecular formula is C12H19BrN2. The van der Waals surface area contributed by atoms with Crippen LogP contribution in [0.15, 0.2) is 36.2 Å². The first-order valence-electron chi connectivity index (χ1n) is 5.04. The van der Waals surface area contributed by atoms with Gasteiger partial charge in [-0.1, -0.05) is 5.57 Å². The third-order valence-corrected chi connectivity index (χ3v) is 2.10. The molecule has 0 amide bonds. The first-order chi connectivity index (χ1) is 6.72. The summed E-state index contributed by atoms with van der Waals surface area (Å²) in [7, 11) is 0. The van der Waals surface area contributed by atoms with Gasteiger partial charge in [-0.05, 0) is 38.5 Å². The molecule has 1 aromatic rings. The summed E-state index contributed by atoms with van der Waals surface area (Å²) < 4.78 is 2.16. The van der Waals surface area contributed by atoms with Crippen LogP contribution in [0.5, 0.6) is 0 Å². The average Bonchev–Trinajstić information content (AvgIpc) is 2.17. The Morgan fingerprint density at radius 3 is 2.40 bits per heavy atom. The third kappa shape index (κ3) is 5.70. The van der Waals surface area contributed by atoms with Gasteiger partial charge < -0.3 is 22.7 Å². The molecule has 0 unspecified atom stereocenters. The summed E-state index contributed by atoms with van der Waals surface area (Å²) in [5.74, 6) is 0. The second kappa shape index (κ2) is 7.60. The Kier molecular flexibility index (Phi) is 7.26. The van der Waals surface area contributed by atoms with E-state index >= 15 is 0 Å². The lowest BCUT2D eigenvalue weighted by Gasteiger charge is -1.97. The second-order valence-electron chi connectivity index (χ2n) is 3.72. The van der Waals surface area contributed by atoms with E-state index in [-0.39, 0.29) is 17.0 Å². The van der Waals surface area contributed by atoms with Crippen molar-refractivity contribution in [3.63, 3.8) is 0 Å². The average molecular weight is 271 g/mol. The van der Waals surface area contributed by atoms with Crippen molar-refractivity contribution in [2.24, 2.45) is 5.73 Å². The van der Waals surface area contributed by atoms with Gasteiger partial charge in [0, 0.05) is 12.1 Å². The Morgan fingerprint density at radius 2 is 1.93 bits per heavy atom. The van der Waals surface area contributed by atoms with E-state index in [1.54, 1.807) is 0 Å². The minimum Gasteiger partial charge on any atom is -1.00 e. The van der Waals surface area contributed by atoms with Crippen LogP contribution in [0.4, 0.5) is 0 Å². The molecule has 0 aromatic carbocycles. The van der Waals surface area contributed by atoms with E-state index in [0.717, 1.165) is 19.5 Å². The molecule has 84 valence electrons. The molecule has 0 saturated heterocycles. The van der Waals surface area contributed by atoms with Crippen LogP contribution in [0.25, 0.3) is 0 Å².